The molecule has 0 saturated carbocycles. The van der Waals surface area contributed by atoms with Crippen molar-refractivity contribution >= 4 is 11.9 Å². The Morgan fingerprint density at radius 1 is 1.27 bits per heavy atom. The van der Waals surface area contributed by atoms with Crippen LogP contribution in [0.2, 0.25) is 0 Å². The second kappa shape index (κ2) is 7.33. The SMILES string of the molecule is Cc1cc(C(=O)NC2(CC(=O)O)CCOC2)c(C)n1Cc1ccccc1. The molecule has 1 saturated heterocycles. The molecule has 1 aromatic carbocycles. The molecule has 1 unspecified atom stereocenters. The summed E-state index contributed by atoms with van der Waals surface area (Å²) in [4.78, 5) is 24.0. The lowest BCUT2D eigenvalue weighted by Crippen LogP contribution is -2.50. The molecule has 0 radical (unpaired) electrons. The molecule has 1 aromatic heterocycles. The van der Waals surface area contributed by atoms with E-state index in [1.807, 2.05) is 38.1 Å². The molecule has 0 spiro atoms. The summed E-state index contributed by atoms with van der Waals surface area (Å²) < 4.78 is 7.45. The predicted molar refractivity (Wildman–Crippen MR) is 97.3 cm³/mol. The monoisotopic (exact) mass is 356 g/mol. The van der Waals surface area contributed by atoms with Crippen molar-refractivity contribution in [1.82, 2.24) is 9.88 Å². The topological polar surface area (TPSA) is 80.6 Å². The lowest BCUT2D eigenvalue weighted by Gasteiger charge is -2.27. The van der Waals surface area contributed by atoms with Gasteiger partial charge in [0, 0.05) is 24.5 Å². The molecular formula is C20H24N2O4. The van der Waals surface area contributed by atoms with E-state index in [-0.39, 0.29) is 18.9 Å². The summed E-state index contributed by atoms with van der Waals surface area (Å²) in [6, 6.07) is 11.9. The molecule has 1 aliphatic rings. The average Bonchev–Trinajstić information content (AvgIpc) is 3.15. The zero-order valence-electron chi connectivity index (χ0n) is 15.1. The number of nitrogens with zero attached hydrogens (tertiary/aromatic N) is 1. The van der Waals surface area contributed by atoms with Crippen LogP contribution in [0.4, 0.5) is 0 Å². The minimum Gasteiger partial charge on any atom is -0.481 e. The Morgan fingerprint density at radius 2 is 2.00 bits per heavy atom. The van der Waals surface area contributed by atoms with E-state index in [1.54, 1.807) is 0 Å². The molecular weight excluding hydrogens is 332 g/mol. The molecule has 2 heterocycles. The average molecular weight is 356 g/mol. The van der Waals surface area contributed by atoms with E-state index >= 15 is 0 Å². The van der Waals surface area contributed by atoms with Crippen molar-refractivity contribution in [2.45, 2.75) is 38.8 Å². The lowest BCUT2D eigenvalue weighted by atomic mass is 9.93. The van der Waals surface area contributed by atoms with Crippen LogP contribution in [0, 0.1) is 13.8 Å². The number of nitrogens with one attached hydrogen (secondary N) is 1. The highest BCUT2D eigenvalue weighted by atomic mass is 16.5. The Balaban J connectivity index is 1.81. The number of carboxylic acids is 1. The maximum Gasteiger partial charge on any atom is 0.305 e. The number of hydrogen-bond acceptors (Lipinski definition) is 3. The molecule has 26 heavy (non-hydrogen) atoms. The summed E-state index contributed by atoms with van der Waals surface area (Å²) in [5, 5.41) is 12.1. The number of ether oxygens (including phenoxy) is 1. The minimum absolute atomic E-state index is 0.137. The van der Waals surface area contributed by atoms with Crippen LogP contribution in [0.25, 0.3) is 0 Å². The van der Waals surface area contributed by atoms with Gasteiger partial charge in [-0.15, -0.1) is 0 Å². The first-order valence-electron chi connectivity index (χ1n) is 8.73. The van der Waals surface area contributed by atoms with Gasteiger partial charge in [-0.2, -0.15) is 0 Å². The van der Waals surface area contributed by atoms with E-state index in [9.17, 15) is 14.7 Å². The second-order valence-corrected chi connectivity index (χ2v) is 6.96. The van der Waals surface area contributed by atoms with Gasteiger partial charge in [0.05, 0.1) is 24.1 Å². The molecule has 2 N–H and O–H groups in total. The van der Waals surface area contributed by atoms with Crippen molar-refractivity contribution in [3.8, 4) is 0 Å². The van der Waals surface area contributed by atoms with Gasteiger partial charge in [0.2, 0.25) is 0 Å². The Hall–Kier alpha value is -2.60. The standard InChI is InChI=1S/C20H24N2O4/c1-14-10-17(15(2)22(14)12-16-6-4-3-5-7-16)19(25)21-20(11-18(23)24)8-9-26-13-20/h3-7,10H,8-9,11-13H2,1-2H3,(H,21,25)(H,23,24). The van der Waals surface area contributed by atoms with Crippen LogP contribution < -0.4 is 5.32 Å². The van der Waals surface area contributed by atoms with E-state index in [1.165, 1.54) is 0 Å². The van der Waals surface area contributed by atoms with Crippen LogP contribution in [-0.2, 0) is 16.1 Å². The van der Waals surface area contributed by atoms with Crippen molar-refractivity contribution in [3.05, 3.63) is 58.9 Å². The van der Waals surface area contributed by atoms with Crippen LogP contribution in [0.5, 0.6) is 0 Å². The molecule has 0 aliphatic carbocycles. The molecule has 1 fully saturated rings. The van der Waals surface area contributed by atoms with Gasteiger partial charge in [-0.05, 0) is 31.9 Å². The highest BCUT2D eigenvalue weighted by molar-refractivity contribution is 5.96. The fourth-order valence-corrected chi connectivity index (χ4v) is 3.53. The molecule has 2 aromatic rings. The number of aliphatic carboxylic acids is 1. The van der Waals surface area contributed by atoms with Gasteiger partial charge in [0.15, 0.2) is 0 Å². The van der Waals surface area contributed by atoms with Gasteiger partial charge in [-0.1, -0.05) is 30.3 Å². The van der Waals surface area contributed by atoms with Gasteiger partial charge < -0.3 is 19.7 Å². The Kier molecular flexibility index (Phi) is 5.13. The molecule has 138 valence electrons. The number of hydrogen-bond donors (Lipinski definition) is 2. The van der Waals surface area contributed by atoms with Crippen molar-refractivity contribution in [2.24, 2.45) is 0 Å². The molecule has 6 heteroatoms. The van der Waals surface area contributed by atoms with Gasteiger partial charge in [-0.3, -0.25) is 9.59 Å². The zero-order valence-corrected chi connectivity index (χ0v) is 15.1. The number of amides is 1. The van der Waals surface area contributed by atoms with E-state index in [0.29, 0.717) is 25.1 Å². The van der Waals surface area contributed by atoms with Crippen LogP contribution in [0.3, 0.4) is 0 Å². The van der Waals surface area contributed by atoms with Crippen LogP contribution in [0.15, 0.2) is 36.4 Å². The Morgan fingerprint density at radius 3 is 2.62 bits per heavy atom. The van der Waals surface area contributed by atoms with Crippen molar-refractivity contribution < 1.29 is 19.4 Å². The van der Waals surface area contributed by atoms with E-state index < -0.39 is 11.5 Å². The third kappa shape index (κ3) is 3.80. The number of aryl methyl sites for hydroxylation is 1. The molecule has 1 atom stereocenters. The summed E-state index contributed by atoms with van der Waals surface area (Å²) in [5.41, 5.74) is 2.77. The maximum atomic E-state index is 12.9. The van der Waals surface area contributed by atoms with E-state index in [2.05, 4.69) is 22.0 Å². The summed E-state index contributed by atoms with van der Waals surface area (Å²) in [7, 11) is 0. The number of aromatic nitrogens is 1. The van der Waals surface area contributed by atoms with Crippen molar-refractivity contribution in [1.29, 1.82) is 0 Å². The minimum atomic E-state index is -0.939. The number of carbonyl (C=O) groups excluding carboxylic acids is 1. The molecule has 0 bridgehead atoms. The van der Waals surface area contributed by atoms with Crippen LogP contribution in [-0.4, -0.2) is 40.3 Å². The summed E-state index contributed by atoms with van der Waals surface area (Å²) in [6.07, 6.45) is 0.370. The number of carboxylic acid groups (broad SMARTS) is 1. The normalized spacial score (nSPS) is 19.5. The summed E-state index contributed by atoms with van der Waals surface area (Å²) in [5.74, 6) is -1.19. The first kappa shape index (κ1) is 18.2. The fourth-order valence-electron chi connectivity index (χ4n) is 3.53. The quantitative estimate of drug-likeness (QED) is 0.833. The largest absolute Gasteiger partial charge is 0.481 e. The molecule has 1 amide bonds. The van der Waals surface area contributed by atoms with Crippen molar-refractivity contribution in [2.75, 3.05) is 13.2 Å². The smallest absolute Gasteiger partial charge is 0.305 e. The van der Waals surface area contributed by atoms with Gasteiger partial charge in [0.1, 0.15) is 0 Å². The zero-order chi connectivity index (χ0) is 18.7. The first-order valence-corrected chi connectivity index (χ1v) is 8.73. The highest BCUT2D eigenvalue weighted by Crippen LogP contribution is 2.25. The predicted octanol–water partition coefficient (Wildman–Crippen LogP) is 2.52. The number of carbonyl (C=O) groups is 2. The van der Waals surface area contributed by atoms with E-state index in [0.717, 1.165) is 17.0 Å². The van der Waals surface area contributed by atoms with Gasteiger partial charge >= 0.3 is 5.97 Å². The maximum absolute atomic E-state index is 12.9. The lowest BCUT2D eigenvalue weighted by molar-refractivity contribution is -0.138. The van der Waals surface area contributed by atoms with Crippen LogP contribution in [0.1, 0.15) is 40.2 Å². The molecule has 1 aliphatic heterocycles. The summed E-state index contributed by atoms with van der Waals surface area (Å²) in [6.45, 7) is 5.27. The first-order chi connectivity index (χ1) is 12.4. The van der Waals surface area contributed by atoms with Gasteiger partial charge in [-0.25, -0.2) is 0 Å². The molecule has 6 nitrogen and oxygen atoms in total. The van der Waals surface area contributed by atoms with Crippen LogP contribution >= 0.6 is 0 Å². The Labute approximate surface area is 152 Å². The Bertz CT molecular complexity index is 805. The summed E-state index contributed by atoms with van der Waals surface area (Å²) >= 11 is 0. The van der Waals surface area contributed by atoms with Gasteiger partial charge in [0.25, 0.3) is 5.91 Å². The molecule has 3 rings (SSSR count). The van der Waals surface area contributed by atoms with E-state index in [4.69, 9.17) is 4.74 Å². The fraction of sp³-hybridized carbons (Fsp3) is 0.400. The number of benzene rings is 1. The third-order valence-electron chi connectivity index (χ3n) is 4.97. The van der Waals surface area contributed by atoms with Crippen molar-refractivity contribution in [3.63, 3.8) is 0 Å². The number of rotatable bonds is 6. The second-order valence-electron chi connectivity index (χ2n) is 6.96. The highest BCUT2D eigenvalue weighted by Gasteiger charge is 2.39. The third-order valence-corrected chi connectivity index (χ3v) is 4.97.